The molecule has 2 aromatic rings. The molecule has 4 atom stereocenters. The molecule has 3 unspecified atom stereocenters. The lowest BCUT2D eigenvalue weighted by Crippen LogP contribution is -2.43. The molecular formula is C29H30F6N2O3. The van der Waals surface area contributed by atoms with E-state index in [1.54, 1.807) is 4.90 Å². The number of benzene rings is 2. The summed E-state index contributed by atoms with van der Waals surface area (Å²) >= 11 is 0. The Labute approximate surface area is 228 Å². The van der Waals surface area contributed by atoms with Crippen LogP contribution < -0.4 is 0 Å². The lowest BCUT2D eigenvalue weighted by molar-refractivity contribution is -0.143. The van der Waals surface area contributed by atoms with E-state index in [-0.39, 0.29) is 47.9 Å². The average Bonchev–Trinajstić information content (AvgIpc) is 3.30. The topological polar surface area (TPSA) is 49.9 Å². The van der Waals surface area contributed by atoms with Crippen molar-refractivity contribution in [1.29, 1.82) is 0 Å². The van der Waals surface area contributed by atoms with Crippen LogP contribution in [0.1, 0.15) is 59.4 Å². The normalized spacial score (nSPS) is 26.3. The predicted octanol–water partition coefficient (Wildman–Crippen LogP) is 5.74. The third-order valence-corrected chi connectivity index (χ3v) is 8.30. The summed E-state index contributed by atoms with van der Waals surface area (Å²) in [5.41, 5.74) is -1.14. The summed E-state index contributed by atoms with van der Waals surface area (Å²) in [6, 6.07) is 8.42. The molecule has 0 N–H and O–H groups in total. The number of fused-ring (bicyclic) bond motifs is 1. The summed E-state index contributed by atoms with van der Waals surface area (Å²) in [6.45, 7) is 2.80. The zero-order valence-electron chi connectivity index (χ0n) is 21.9. The van der Waals surface area contributed by atoms with Gasteiger partial charge in [0.1, 0.15) is 5.78 Å². The van der Waals surface area contributed by atoms with Gasteiger partial charge in [-0.25, -0.2) is 0 Å². The van der Waals surface area contributed by atoms with Gasteiger partial charge in [-0.1, -0.05) is 24.3 Å². The molecule has 1 amide bonds. The van der Waals surface area contributed by atoms with Crippen molar-refractivity contribution >= 4 is 11.7 Å². The van der Waals surface area contributed by atoms with Crippen molar-refractivity contribution < 1.29 is 40.7 Å². The highest BCUT2D eigenvalue weighted by atomic mass is 19.4. The predicted molar refractivity (Wildman–Crippen MR) is 133 cm³/mol. The van der Waals surface area contributed by atoms with Gasteiger partial charge in [0.25, 0.3) is 0 Å². The molecule has 216 valence electrons. The van der Waals surface area contributed by atoms with E-state index < -0.39 is 36.2 Å². The zero-order valence-corrected chi connectivity index (χ0v) is 21.9. The van der Waals surface area contributed by atoms with Crippen molar-refractivity contribution in [3.8, 4) is 0 Å². The fraction of sp³-hybridized carbons (Fsp3) is 0.517. The van der Waals surface area contributed by atoms with Crippen molar-refractivity contribution in [3.05, 3.63) is 70.3 Å². The van der Waals surface area contributed by atoms with Crippen molar-refractivity contribution in [2.45, 2.75) is 75.7 Å². The molecule has 0 bridgehead atoms. The highest BCUT2D eigenvalue weighted by Gasteiger charge is 2.54. The number of carbonyl (C=O) groups excluding carboxylic acids is 2. The number of aryl methyl sites for hydroxylation is 1. The Morgan fingerprint density at radius 2 is 1.60 bits per heavy atom. The fourth-order valence-electron chi connectivity index (χ4n) is 6.36. The third kappa shape index (κ3) is 5.76. The van der Waals surface area contributed by atoms with Crippen LogP contribution in [-0.2, 0) is 33.3 Å². The largest absolute Gasteiger partial charge is 0.416 e. The average molecular weight is 569 g/mol. The van der Waals surface area contributed by atoms with E-state index in [0.717, 1.165) is 11.1 Å². The molecule has 3 heterocycles. The first kappa shape index (κ1) is 28.6. The van der Waals surface area contributed by atoms with Crippen LogP contribution in [0.2, 0.25) is 0 Å². The monoisotopic (exact) mass is 568 g/mol. The second kappa shape index (κ2) is 10.8. The fourth-order valence-corrected chi connectivity index (χ4v) is 6.36. The molecule has 40 heavy (non-hydrogen) atoms. The smallest absolute Gasteiger partial charge is 0.371 e. The van der Waals surface area contributed by atoms with E-state index in [2.05, 4.69) is 4.90 Å². The van der Waals surface area contributed by atoms with Crippen LogP contribution in [0, 0.1) is 6.92 Å². The summed E-state index contributed by atoms with van der Waals surface area (Å²) in [4.78, 5) is 29.3. The second-order valence-corrected chi connectivity index (χ2v) is 10.9. The van der Waals surface area contributed by atoms with E-state index in [4.69, 9.17) is 4.74 Å². The standard InChI is InChI=1S/C29H30F6N2O3/c1-17-5-2-3-7-22(17)26-23-14-24(36-9-4-6-21(38)8-10-36)27(39)37(23)15-25(26)40-16-18-11-19(28(30,31)32)13-20(12-18)29(33,34)35/h2-3,5,7,11-13,23-26H,4,6,8-10,14-16H2,1H3/t23?,24?,25-,26?/m0/s1. The number of ether oxygens (including phenoxy) is 1. The molecule has 5 nitrogen and oxygen atoms in total. The molecule has 0 spiro atoms. The van der Waals surface area contributed by atoms with Crippen LogP contribution in [-0.4, -0.2) is 59.3 Å². The molecule has 5 rings (SSSR count). The maximum absolute atomic E-state index is 13.6. The molecule has 3 aliphatic rings. The quantitative estimate of drug-likeness (QED) is 0.432. The summed E-state index contributed by atoms with van der Waals surface area (Å²) in [6.07, 6.45) is -8.42. The van der Waals surface area contributed by atoms with Crippen molar-refractivity contribution in [2.24, 2.45) is 0 Å². The summed E-state index contributed by atoms with van der Waals surface area (Å²) in [7, 11) is 0. The number of hydrogen-bond acceptors (Lipinski definition) is 4. The SMILES string of the molecule is Cc1ccccc1C1C2CC(N3CCCC(=O)CC3)C(=O)N2C[C@@H]1OCc1cc(C(F)(F)F)cc(C(F)(F)F)c1. The number of ketones is 1. The minimum atomic E-state index is -4.95. The number of likely N-dealkylation sites (tertiary alicyclic amines) is 1. The summed E-state index contributed by atoms with van der Waals surface area (Å²) in [5.74, 6) is -0.206. The van der Waals surface area contributed by atoms with Crippen molar-refractivity contribution in [1.82, 2.24) is 9.80 Å². The summed E-state index contributed by atoms with van der Waals surface area (Å²) in [5, 5.41) is 0. The first-order chi connectivity index (χ1) is 18.8. The third-order valence-electron chi connectivity index (χ3n) is 8.30. The summed E-state index contributed by atoms with van der Waals surface area (Å²) < 4.78 is 86.3. The van der Waals surface area contributed by atoms with E-state index in [1.807, 2.05) is 31.2 Å². The van der Waals surface area contributed by atoms with Crippen LogP contribution in [0.25, 0.3) is 0 Å². The second-order valence-electron chi connectivity index (χ2n) is 10.9. The Balaban J connectivity index is 1.41. The molecule has 11 heteroatoms. The number of alkyl halides is 6. The lowest BCUT2D eigenvalue weighted by atomic mass is 9.85. The zero-order chi connectivity index (χ0) is 28.8. The van der Waals surface area contributed by atoms with E-state index in [0.29, 0.717) is 50.9 Å². The van der Waals surface area contributed by atoms with Crippen molar-refractivity contribution in [3.63, 3.8) is 0 Å². The Morgan fingerprint density at radius 3 is 2.25 bits per heavy atom. The van der Waals surface area contributed by atoms with Gasteiger partial charge in [0.2, 0.25) is 5.91 Å². The van der Waals surface area contributed by atoms with Gasteiger partial charge in [-0.2, -0.15) is 26.3 Å². The van der Waals surface area contributed by atoms with Gasteiger partial charge >= 0.3 is 12.4 Å². The van der Waals surface area contributed by atoms with Gasteiger partial charge in [-0.05, 0) is 61.2 Å². The van der Waals surface area contributed by atoms with E-state index in [1.165, 1.54) is 0 Å². The van der Waals surface area contributed by atoms with Gasteiger partial charge in [0.05, 0.1) is 29.9 Å². The van der Waals surface area contributed by atoms with Gasteiger partial charge < -0.3 is 9.64 Å². The number of halogens is 6. The number of Topliss-reactive ketones (excluding diaryl/α,β-unsaturated/α-hetero) is 1. The lowest BCUT2D eigenvalue weighted by Gasteiger charge is -2.28. The molecule has 3 fully saturated rings. The molecule has 0 radical (unpaired) electrons. The van der Waals surface area contributed by atoms with Crippen LogP contribution in [0.15, 0.2) is 42.5 Å². The Hall–Kier alpha value is -2.92. The Bertz CT molecular complexity index is 1240. The molecule has 3 saturated heterocycles. The number of carbonyl (C=O) groups is 2. The number of amides is 1. The highest BCUT2D eigenvalue weighted by molar-refractivity contribution is 5.86. The van der Waals surface area contributed by atoms with Crippen LogP contribution in [0.5, 0.6) is 0 Å². The van der Waals surface area contributed by atoms with Gasteiger partial charge in [0.15, 0.2) is 0 Å². The number of hydrogen-bond donors (Lipinski definition) is 0. The number of rotatable bonds is 5. The van der Waals surface area contributed by atoms with Gasteiger partial charge in [0, 0.05) is 37.9 Å². The maximum Gasteiger partial charge on any atom is 0.416 e. The van der Waals surface area contributed by atoms with Gasteiger partial charge in [-0.3, -0.25) is 14.5 Å². The Kier molecular flexibility index (Phi) is 7.73. The first-order valence-corrected chi connectivity index (χ1v) is 13.3. The first-order valence-electron chi connectivity index (χ1n) is 13.3. The van der Waals surface area contributed by atoms with Crippen LogP contribution in [0.3, 0.4) is 0 Å². The minimum absolute atomic E-state index is 0.0811. The molecular weight excluding hydrogens is 538 g/mol. The molecule has 3 aliphatic heterocycles. The molecule has 0 aliphatic carbocycles. The Morgan fingerprint density at radius 1 is 0.925 bits per heavy atom. The molecule has 2 aromatic carbocycles. The van der Waals surface area contributed by atoms with Gasteiger partial charge in [-0.15, -0.1) is 0 Å². The highest BCUT2D eigenvalue weighted by Crippen LogP contribution is 2.44. The van der Waals surface area contributed by atoms with Crippen LogP contribution in [0.4, 0.5) is 26.3 Å². The maximum atomic E-state index is 13.6. The van der Waals surface area contributed by atoms with Crippen molar-refractivity contribution in [2.75, 3.05) is 19.6 Å². The van der Waals surface area contributed by atoms with E-state index in [9.17, 15) is 35.9 Å². The minimum Gasteiger partial charge on any atom is -0.371 e. The number of nitrogens with zero attached hydrogens (tertiary/aromatic N) is 2. The molecule has 0 saturated carbocycles. The van der Waals surface area contributed by atoms with E-state index >= 15 is 0 Å². The van der Waals surface area contributed by atoms with Crippen LogP contribution >= 0.6 is 0 Å². The molecule has 0 aromatic heterocycles.